The molecule has 5 aromatic rings. The second kappa shape index (κ2) is 45.5. The van der Waals surface area contributed by atoms with E-state index in [-0.39, 0.29) is 108 Å². The van der Waals surface area contributed by atoms with Crippen LogP contribution in [0.4, 0.5) is 19.2 Å². The fourth-order valence-corrected chi connectivity index (χ4v) is 20.5. The SMILES string of the molecule is C.CC1(C)OB(B2OC(C)(C)C(C)(C)O2)OC1(C)C.COC(=O)N[C@H](C(=O)N1CC2(C[C@H]1C1=NC=C(c3ccc(-c4ccc(-c5cnc([C@@H]6CC7(CN6C(=O)[C@@H](NC(=O)OC)C(C)C)OCCO7)[nH]5)cc4)cc3)C1)OCCO2)C(C)C.COC(=O)N[C@H](C(=O)N1CC2(C[C@H]1C1=NC=C(c3ccc(Br)cc3)C1)OCCO2)C(C)C.COC(=O)N[C@H](C(=O)N1CC2(C[C@H]1C1=NC=C(c3ccc(Br)cc3)C1)OCCO2)C(C)C. The number of nitrogens with zero attached hydrogens (tertiary/aromatic N) is 8. The lowest BCUT2D eigenvalue weighted by Gasteiger charge is -2.32. The van der Waals surface area contributed by atoms with Gasteiger partial charge >= 0.3 is 38.4 Å². The molecule has 0 aliphatic carbocycles. The molecule has 4 aromatic carbocycles. The standard InChI is InChI=1S/C45H55N7O10.2C23H28BrN3O5.C12H24B2O4.CH4/c1-26(2)37(49-42(55)57-5)40(53)51-24-44(59-15-16-60-44)20-35(51)33-19-32(22-46-33)30-9-7-28(8-10-30)29-11-13-31(14-12-29)34-23-47-39(48-34)36-21-45(61-17-18-62-45)25-52(36)41(54)38(27(3)4)50-43(56)58-6;2*1-14(2)20(26-22(29)30-3)21(28)27-13-23(31-8-9-32-23)11-19(27)18-10-16(12-25-18)15-4-6-17(24)7-5-15;1-9(2)10(3,4)16-13(15-9)14-17-11(5,6)12(7,8)18-14;/h7-14,22-23,26-27,35-38H,15-21,24-25H2,1-6H3,(H,47,48)(H,49,55)(H,50,56);2*4-7,12,14,19-20H,8-11,13H2,1-3H3,(H,26,29);1-8H3;1H4/t35-,36-,37-,38-;2*19-,20-;;/m000../s1. The van der Waals surface area contributed by atoms with Crippen molar-refractivity contribution in [3.63, 3.8) is 0 Å². The Kier molecular flexibility index (Phi) is 34.7. The normalized spacial score (nSPS) is 23.6. The lowest BCUT2D eigenvalue weighted by molar-refractivity contribution is -0.153. The first-order chi connectivity index (χ1) is 68.3. The number of aliphatic imine (C=N–C) groups is 3. The van der Waals surface area contributed by atoms with Crippen LogP contribution in [-0.2, 0) is 94.6 Å². The van der Waals surface area contributed by atoms with Crippen molar-refractivity contribution in [1.82, 2.24) is 50.8 Å². The summed E-state index contributed by atoms with van der Waals surface area (Å²) in [7, 11) is 4.17. The van der Waals surface area contributed by atoms with Gasteiger partial charge < -0.3 is 121 Å². The van der Waals surface area contributed by atoms with Crippen LogP contribution < -0.4 is 21.3 Å². The minimum Gasteiger partial charge on any atom is -0.453 e. The average molecular weight is 2140 g/mol. The average Bonchev–Trinajstić information content (AvgIpc) is 1.64. The molecular weight excluding hydrogens is 2000 g/mol. The smallest absolute Gasteiger partial charge is 0.453 e. The molecule has 10 saturated heterocycles. The first-order valence-corrected chi connectivity index (χ1v) is 50.9. The molecule has 4 spiro atoms. The topological polar surface area (TPSA) is 411 Å². The van der Waals surface area contributed by atoms with Crippen molar-refractivity contribution in [2.24, 2.45) is 38.6 Å². The van der Waals surface area contributed by atoms with Crippen molar-refractivity contribution in [1.29, 1.82) is 0 Å². The maximum Gasteiger partial charge on any atom is 0.488 e. The lowest BCUT2D eigenvalue weighted by Crippen LogP contribution is -2.54. The predicted octanol–water partition coefficient (Wildman–Crippen LogP) is 14.7. The molecule has 0 radical (unpaired) electrons. The largest absolute Gasteiger partial charge is 0.488 e. The maximum atomic E-state index is 14.0. The predicted molar refractivity (Wildman–Crippen MR) is 551 cm³/mol. The number of benzene rings is 4. The van der Waals surface area contributed by atoms with Crippen LogP contribution in [-0.4, -0.2) is 304 Å². The van der Waals surface area contributed by atoms with Gasteiger partial charge in [0.15, 0.2) is 23.1 Å². The third-order valence-electron chi connectivity index (χ3n) is 29.4. The first kappa shape index (κ1) is 111. The molecule has 10 fully saturated rings. The van der Waals surface area contributed by atoms with Crippen molar-refractivity contribution >= 4 is 128 Å². The van der Waals surface area contributed by atoms with Gasteiger partial charge in [0.05, 0.1) is 166 Å². The zero-order valence-electron chi connectivity index (χ0n) is 85.7. The summed E-state index contributed by atoms with van der Waals surface area (Å²) < 4.78 is 92.8. The molecule has 13 aliphatic rings. The van der Waals surface area contributed by atoms with E-state index in [0.29, 0.717) is 117 Å². The van der Waals surface area contributed by atoms with E-state index in [2.05, 4.69) is 94.5 Å². The minimum absolute atomic E-state index is 0. The fourth-order valence-electron chi connectivity index (χ4n) is 19.9. The van der Waals surface area contributed by atoms with Crippen LogP contribution in [0.25, 0.3) is 39.1 Å². The molecule has 8 amide bonds. The molecule has 41 heteroatoms. The number of likely N-dealkylation sites (tertiary alicyclic amines) is 4. The summed E-state index contributed by atoms with van der Waals surface area (Å²) in [4.78, 5) is 133. The van der Waals surface area contributed by atoms with E-state index in [1.165, 1.54) is 28.4 Å². The van der Waals surface area contributed by atoms with E-state index in [4.69, 9.17) is 95.4 Å². The van der Waals surface area contributed by atoms with Gasteiger partial charge in [-0.25, -0.2) is 24.2 Å². The molecule has 0 saturated carbocycles. The van der Waals surface area contributed by atoms with Gasteiger partial charge in [0.2, 0.25) is 23.6 Å². The highest BCUT2D eigenvalue weighted by molar-refractivity contribution is 9.10. The molecule has 18 rings (SSSR count). The number of ether oxygens (including phenoxy) is 12. The van der Waals surface area contributed by atoms with E-state index >= 15 is 0 Å². The Bertz CT molecular complexity index is 5470. The molecule has 14 heterocycles. The van der Waals surface area contributed by atoms with Crippen molar-refractivity contribution in [2.75, 3.05) is 107 Å². The quantitative estimate of drug-likeness (QED) is 0.0317. The monoisotopic (exact) mass is 2130 g/mol. The second-order valence-electron chi connectivity index (χ2n) is 41.6. The highest BCUT2D eigenvalue weighted by atomic mass is 79.9. The van der Waals surface area contributed by atoms with Crippen LogP contribution >= 0.6 is 31.9 Å². The number of amides is 8. The lowest BCUT2D eigenvalue weighted by atomic mass is 9.49. The van der Waals surface area contributed by atoms with Gasteiger partial charge in [-0.05, 0) is 153 Å². The summed E-state index contributed by atoms with van der Waals surface area (Å²) in [5.74, 6) is -4.38. The van der Waals surface area contributed by atoms with Crippen molar-refractivity contribution in [3.8, 4) is 22.4 Å². The van der Waals surface area contributed by atoms with Crippen LogP contribution in [0.2, 0.25) is 0 Å². The Hall–Kier alpha value is -10.1. The number of aromatic amines is 1. The number of imidazole rings is 1. The fraction of sp³-hybridized carbons (Fsp3) is 0.577. The van der Waals surface area contributed by atoms with E-state index in [0.717, 1.165) is 81.9 Å². The Labute approximate surface area is 866 Å². The van der Waals surface area contributed by atoms with Crippen LogP contribution in [0, 0.1) is 23.7 Å². The summed E-state index contributed by atoms with van der Waals surface area (Å²) in [6.45, 7) is 36.1. The number of halogens is 2. The van der Waals surface area contributed by atoms with Gasteiger partial charge in [-0.1, -0.05) is 167 Å². The maximum absolute atomic E-state index is 14.0. The first-order valence-electron chi connectivity index (χ1n) is 49.3. The van der Waals surface area contributed by atoms with Gasteiger partial charge in [-0.3, -0.25) is 34.2 Å². The van der Waals surface area contributed by atoms with E-state index in [1.807, 2.05) is 190 Å². The summed E-state index contributed by atoms with van der Waals surface area (Å²) in [6.07, 6.45) is 8.48. The summed E-state index contributed by atoms with van der Waals surface area (Å²) in [5, 5.41) is 10.8. The number of rotatable bonds is 22. The van der Waals surface area contributed by atoms with Gasteiger partial charge in [0, 0.05) is 89.6 Å². The second-order valence-corrected chi connectivity index (χ2v) is 43.4. The Morgan fingerprint density at radius 2 is 0.586 bits per heavy atom. The molecule has 1 aromatic heterocycles. The summed E-state index contributed by atoms with van der Waals surface area (Å²) >= 11 is 6.93. The van der Waals surface area contributed by atoms with Gasteiger partial charge in [-0.15, -0.1) is 0 Å². The van der Waals surface area contributed by atoms with Crippen LogP contribution in [0.15, 0.2) is 146 Å². The van der Waals surface area contributed by atoms with Crippen LogP contribution in [0.3, 0.4) is 0 Å². The molecule has 0 bridgehead atoms. The number of alkyl carbamates (subject to hydrolysis) is 4. The highest BCUT2D eigenvalue weighted by Crippen LogP contribution is 2.48. The zero-order chi connectivity index (χ0) is 104. The molecule has 37 nitrogen and oxygen atoms in total. The zero-order valence-corrected chi connectivity index (χ0v) is 88.9. The number of nitrogens with one attached hydrogen (secondary N) is 5. The number of carbonyl (C=O) groups excluding carboxylic acids is 8. The molecule has 145 heavy (non-hydrogen) atoms. The van der Waals surface area contributed by atoms with Crippen LogP contribution in [0.1, 0.15) is 192 Å². The van der Waals surface area contributed by atoms with Gasteiger partial charge in [0.1, 0.15) is 30.0 Å². The third-order valence-corrected chi connectivity index (χ3v) is 30.5. The Balaban J connectivity index is 0.000000169. The Morgan fingerprint density at radius 1 is 0.359 bits per heavy atom. The third kappa shape index (κ3) is 24.6. The number of carbonyl (C=O) groups is 8. The number of hydrogen-bond acceptors (Lipinski definition) is 28. The molecule has 8 atom stereocenters. The van der Waals surface area contributed by atoms with E-state index in [1.54, 1.807) is 25.8 Å². The van der Waals surface area contributed by atoms with Crippen molar-refractivity contribution in [3.05, 3.63) is 153 Å². The number of aromatic nitrogens is 2. The van der Waals surface area contributed by atoms with Gasteiger partial charge in [-0.2, -0.15) is 0 Å². The number of allylic oxidation sites excluding steroid dienone is 3. The minimum atomic E-state index is -0.940. The summed E-state index contributed by atoms with van der Waals surface area (Å²) in [5.41, 5.74) is 11.4. The molecule has 13 aliphatic heterocycles. The molecule has 784 valence electrons. The summed E-state index contributed by atoms with van der Waals surface area (Å²) in [6, 6.07) is 28.3. The highest BCUT2D eigenvalue weighted by Gasteiger charge is 2.65. The molecule has 5 N–H and O–H groups in total. The molecule has 0 unspecified atom stereocenters. The van der Waals surface area contributed by atoms with Gasteiger partial charge in [0.25, 0.3) is 0 Å². The van der Waals surface area contributed by atoms with Crippen molar-refractivity contribution < 1.29 is 114 Å². The molecular formula is C104H139B2Br2N13O24. The number of methoxy groups -OCH3 is 4. The number of hydrogen-bond donors (Lipinski definition) is 5. The van der Waals surface area contributed by atoms with E-state index < -0.39 is 91.7 Å². The van der Waals surface area contributed by atoms with E-state index in [9.17, 15) is 38.4 Å². The van der Waals surface area contributed by atoms with Crippen molar-refractivity contribution in [2.45, 2.75) is 257 Å². The van der Waals surface area contributed by atoms with Crippen LogP contribution in [0.5, 0.6) is 0 Å². The number of H-pyrrole nitrogens is 1. The Morgan fingerprint density at radius 3 is 0.834 bits per heavy atom.